The van der Waals surface area contributed by atoms with E-state index in [0.29, 0.717) is 22.5 Å². The maximum absolute atomic E-state index is 10.5. The first-order valence-electron chi connectivity index (χ1n) is 5.73. The minimum Gasteiger partial charge on any atom is -0.481 e. The minimum atomic E-state index is -0.909. The van der Waals surface area contributed by atoms with Gasteiger partial charge in [-0.1, -0.05) is 11.8 Å². The number of rotatable bonds is 5. The highest BCUT2D eigenvalue weighted by atomic mass is 32.2. The number of nitrogens with zero attached hydrogens (tertiary/aromatic N) is 2. The van der Waals surface area contributed by atoms with Crippen LogP contribution in [0.3, 0.4) is 0 Å². The van der Waals surface area contributed by atoms with Crippen molar-refractivity contribution >= 4 is 17.7 Å². The summed E-state index contributed by atoms with van der Waals surface area (Å²) < 4.78 is 5.66. The fourth-order valence-corrected chi connectivity index (χ4v) is 2.16. The molecular formula is C12H10N4O3S. The Bertz CT molecular complexity index is 717. The summed E-state index contributed by atoms with van der Waals surface area (Å²) in [5.41, 5.74) is 0.872. The summed E-state index contributed by atoms with van der Waals surface area (Å²) in [4.78, 5) is 17.7. The Kier molecular flexibility index (Phi) is 3.30. The first-order chi connectivity index (χ1) is 9.72. The molecule has 3 heterocycles. The smallest absolute Gasteiger partial charge is 0.313 e. The van der Waals surface area contributed by atoms with E-state index in [-0.39, 0.29) is 5.75 Å². The molecule has 0 unspecified atom stereocenters. The summed E-state index contributed by atoms with van der Waals surface area (Å²) in [5.74, 6) is 0.720. The molecule has 8 heteroatoms. The van der Waals surface area contributed by atoms with Crippen LogP contribution in [0.15, 0.2) is 40.0 Å². The van der Waals surface area contributed by atoms with Crippen molar-refractivity contribution in [2.45, 2.75) is 5.16 Å². The third kappa shape index (κ3) is 2.59. The van der Waals surface area contributed by atoms with Crippen LogP contribution in [0.1, 0.15) is 0 Å². The van der Waals surface area contributed by atoms with E-state index in [2.05, 4.69) is 20.2 Å². The van der Waals surface area contributed by atoms with Gasteiger partial charge in [0.1, 0.15) is 0 Å². The highest BCUT2D eigenvalue weighted by Crippen LogP contribution is 2.26. The number of furan rings is 1. The Morgan fingerprint density at radius 2 is 2.20 bits per heavy atom. The Balaban J connectivity index is 1.78. The minimum absolute atomic E-state index is 0.0802. The van der Waals surface area contributed by atoms with Gasteiger partial charge < -0.3 is 14.5 Å². The van der Waals surface area contributed by atoms with E-state index < -0.39 is 5.97 Å². The van der Waals surface area contributed by atoms with Crippen LogP contribution in [-0.4, -0.2) is 37.0 Å². The van der Waals surface area contributed by atoms with Crippen molar-refractivity contribution in [1.82, 2.24) is 20.2 Å². The van der Waals surface area contributed by atoms with Crippen LogP contribution in [0.25, 0.3) is 23.0 Å². The molecule has 3 N–H and O–H groups in total. The SMILES string of the molecule is O=C(O)CSc1n[nH]c(-c2ccc(-c3ccc[nH]3)o2)n1. The summed E-state index contributed by atoms with van der Waals surface area (Å²) in [7, 11) is 0. The highest BCUT2D eigenvalue weighted by molar-refractivity contribution is 7.99. The third-order valence-electron chi connectivity index (χ3n) is 2.49. The van der Waals surface area contributed by atoms with Crippen LogP contribution in [0, 0.1) is 0 Å². The molecule has 20 heavy (non-hydrogen) atoms. The van der Waals surface area contributed by atoms with E-state index in [1.165, 1.54) is 0 Å². The second-order valence-corrected chi connectivity index (χ2v) is 4.84. The number of aromatic amines is 2. The van der Waals surface area contributed by atoms with Crippen molar-refractivity contribution in [3.05, 3.63) is 30.5 Å². The second kappa shape index (κ2) is 5.25. The molecule has 0 fully saturated rings. The van der Waals surface area contributed by atoms with Gasteiger partial charge in [0.15, 0.2) is 17.3 Å². The molecule has 0 radical (unpaired) electrons. The number of aliphatic carboxylic acids is 1. The molecule has 0 aliphatic carbocycles. The van der Waals surface area contributed by atoms with E-state index in [1.807, 2.05) is 24.4 Å². The lowest BCUT2D eigenvalue weighted by Crippen LogP contribution is -1.97. The molecule has 0 aliphatic heterocycles. The number of nitrogens with one attached hydrogen (secondary N) is 2. The zero-order valence-electron chi connectivity index (χ0n) is 10.2. The van der Waals surface area contributed by atoms with Crippen LogP contribution in [0.2, 0.25) is 0 Å². The van der Waals surface area contributed by atoms with E-state index in [9.17, 15) is 4.79 Å². The lowest BCUT2D eigenvalue weighted by atomic mass is 10.3. The molecular weight excluding hydrogens is 280 g/mol. The third-order valence-corrected chi connectivity index (χ3v) is 3.32. The van der Waals surface area contributed by atoms with Gasteiger partial charge >= 0.3 is 5.97 Å². The van der Waals surface area contributed by atoms with Crippen LogP contribution >= 0.6 is 11.8 Å². The number of carbonyl (C=O) groups is 1. The van der Waals surface area contributed by atoms with Crippen molar-refractivity contribution in [3.8, 4) is 23.0 Å². The lowest BCUT2D eigenvalue weighted by Gasteiger charge is -1.91. The van der Waals surface area contributed by atoms with Crippen LogP contribution in [0.4, 0.5) is 0 Å². The summed E-state index contributed by atoms with van der Waals surface area (Å²) in [6.07, 6.45) is 1.81. The number of hydrogen-bond donors (Lipinski definition) is 3. The molecule has 3 aromatic heterocycles. The average Bonchev–Trinajstić information content (AvgIpc) is 3.15. The van der Waals surface area contributed by atoms with E-state index in [0.717, 1.165) is 17.5 Å². The molecule has 0 saturated heterocycles. The molecule has 0 amide bonds. The standard InChI is InChI=1S/C12H10N4O3S/c17-10(18)6-20-12-14-11(15-16-12)9-4-3-8(19-9)7-2-1-5-13-7/h1-5,13H,6H2,(H,17,18)(H,14,15,16). The second-order valence-electron chi connectivity index (χ2n) is 3.90. The van der Waals surface area contributed by atoms with Crippen LogP contribution in [-0.2, 0) is 4.79 Å². The maximum atomic E-state index is 10.5. The Hall–Kier alpha value is -2.48. The zero-order valence-corrected chi connectivity index (χ0v) is 11.0. The Morgan fingerprint density at radius 3 is 2.95 bits per heavy atom. The Labute approximate surface area is 117 Å². The highest BCUT2D eigenvalue weighted by Gasteiger charge is 2.12. The predicted molar refractivity (Wildman–Crippen MR) is 72.2 cm³/mol. The van der Waals surface area contributed by atoms with Crippen molar-refractivity contribution in [1.29, 1.82) is 0 Å². The molecule has 3 rings (SSSR count). The van der Waals surface area contributed by atoms with Crippen molar-refractivity contribution in [2.24, 2.45) is 0 Å². The summed E-state index contributed by atoms with van der Waals surface area (Å²) >= 11 is 1.05. The zero-order chi connectivity index (χ0) is 13.9. The average molecular weight is 290 g/mol. The van der Waals surface area contributed by atoms with Crippen molar-refractivity contribution in [2.75, 3.05) is 5.75 Å². The van der Waals surface area contributed by atoms with Crippen LogP contribution in [0.5, 0.6) is 0 Å². The maximum Gasteiger partial charge on any atom is 0.313 e. The molecule has 0 atom stereocenters. The van der Waals surface area contributed by atoms with E-state index in [4.69, 9.17) is 9.52 Å². The number of thioether (sulfide) groups is 1. The van der Waals surface area contributed by atoms with Gasteiger partial charge in [0.25, 0.3) is 0 Å². The van der Waals surface area contributed by atoms with Gasteiger partial charge in [-0.2, -0.15) is 4.98 Å². The molecule has 0 spiro atoms. The van der Waals surface area contributed by atoms with Gasteiger partial charge in [0.2, 0.25) is 5.16 Å². The number of carboxylic acids is 1. The molecule has 0 saturated carbocycles. The lowest BCUT2D eigenvalue weighted by molar-refractivity contribution is -0.133. The van der Waals surface area contributed by atoms with Gasteiger partial charge in [0, 0.05) is 6.20 Å². The van der Waals surface area contributed by atoms with Gasteiger partial charge in [-0.05, 0) is 24.3 Å². The normalized spacial score (nSPS) is 10.8. The van der Waals surface area contributed by atoms with Crippen LogP contribution < -0.4 is 0 Å². The van der Waals surface area contributed by atoms with Gasteiger partial charge in [0.05, 0.1) is 11.4 Å². The van der Waals surface area contributed by atoms with Gasteiger partial charge in [-0.3, -0.25) is 9.89 Å². The quantitative estimate of drug-likeness (QED) is 0.622. The largest absolute Gasteiger partial charge is 0.481 e. The van der Waals surface area contributed by atoms with Crippen molar-refractivity contribution < 1.29 is 14.3 Å². The number of carboxylic acid groups (broad SMARTS) is 1. The molecule has 0 aromatic carbocycles. The number of aromatic nitrogens is 4. The van der Waals surface area contributed by atoms with Gasteiger partial charge in [-0.25, -0.2) is 0 Å². The van der Waals surface area contributed by atoms with Gasteiger partial charge in [-0.15, -0.1) is 5.10 Å². The summed E-state index contributed by atoms with van der Waals surface area (Å²) in [6.45, 7) is 0. The van der Waals surface area contributed by atoms with Crippen molar-refractivity contribution in [3.63, 3.8) is 0 Å². The molecule has 7 nitrogen and oxygen atoms in total. The number of H-pyrrole nitrogens is 2. The monoisotopic (exact) mass is 290 g/mol. The first-order valence-corrected chi connectivity index (χ1v) is 6.72. The summed E-state index contributed by atoms with van der Waals surface area (Å²) in [6, 6.07) is 7.39. The topological polar surface area (TPSA) is 108 Å². The number of hydrogen-bond acceptors (Lipinski definition) is 5. The van der Waals surface area contributed by atoms with E-state index >= 15 is 0 Å². The Morgan fingerprint density at radius 1 is 1.35 bits per heavy atom. The first kappa shape index (κ1) is 12.5. The fraction of sp³-hybridized carbons (Fsp3) is 0.0833. The fourth-order valence-electron chi connectivity index (χ4n) is 1.64. The summed E-state index contributed by atoms with van der Waals surface area (Å²) in [5, 5.41) is 15.6. The molecule has 102 valence electrons. The molecule has 0 aliphatic rings. The predicted octanol–water partition coefficient (Wildman–Crippen LogP) is 2.24. The van der Waals surface area contributed by atoms with E-state index in [1.54, 1.807) is 6.07 Å². The molecule has 0 bridgehead atoms. The molecule has 3 aromatic rings.